The highest BCUT2D eigenvalue weighted by molar-refractivity contribution is 5.42. The lowest BCUT2D eigenvalue weighted by Gasteiger charge is -2.21. The van der Waals surface area contributed by atoms with Gasteiger partial charge in [-0.25, -0.2) is 4.98 Å². The van der Waals surface area contributed by atoms with Crippen LogP contribution in [-0.2, 0) is 6.54 Å². The van der Waals surface area contributed by atoms with E-state index in [2.05, 4.69) is 30.5 Å². The van der Waals surface area contributed by atoms with Gasteiger partial charge in [0.15, 0.2) is 0 Å². The van der Waals surface area contributed by atoms with E-state index in [1.54, 1.807) is 0 Å². The predicted octanol–water partition coefficient (Wildman–Crippen LogP) is 2.45. The van der Waals surface area contributed by atoms with Gasteiger partial charge in [-0.2, -0.15) is 4.98 Å². The lowest BCUT2D eigenvalue weighted by molar-refractivity contribution is 0.691. The van der Waals surface area contributed by atoms with Crippen LogP contribution in [-0.4, -0.2) is 41.1 Å². The smallest absolute Gasteiger partial charge is 0.224 e. The second kappa shape index (κ2) is 9.17. The molecule has 0 atom stereocenters. The lowest BCUT2D eigenvalue weighted by Crippen LogP contribution is -2.26. The highest BCUT2D eigenvalue weighted by Crippen LogP contribution is 2.17. The van der Waals surface area contributed by atoms with Gasteiger partial charge in [-0.05, 0) is 31.0 Å². The summed E-state index contributed by atoms with van der Waals surface area (Å²) < 4.78 is 0. The zero-order valence-electron chi connectivity index (χ0n) is 14.1. The number of rotatable bonds is 7. The highest BCUT2D eigenvalue weighted by atomic mass is 15.2. The van der Waals surface area contributed by atoms with Crippen LogP contribution in [0.2, 0.25) is 0 Å². The molecule has 0 amide bonds. The molecule has 6 nitrogen and oxygen atoms in total. The summed E-state index contributed by atoms with van der Waals surface area (Å²) in [6.07, 6.45) is 8.83. The Kier molecular flexibility index (Phi) is 6.36. The maximum atomic E-state index is 4.66. The van der Waals surface area contributed by atoms with Gasteiger partial charge in [-0.3, -0.25) is 4.98 Å². The minimum atomic E-state index is 0.705. The van der Waals surface area contributed by atoms with Crippen LogP contribution in [0.25, 0.3) is 0 Å². The van der Waals surface area contributed by atoms with Gasteiger partial charge in [0.25, 0.3) is 0 Å². The van der Waals surface area contributed by atoms with Gasteiger partial charge < -0.3 is 15.5 Å². The van der Waals surface area contributed by atoms with Crippen LogP contribution < -0.4 is 15.5 Å². The van der Waals surface area contributed by atoms with E-state index in [9.17, 15) is 0 Å². The van der Waals surface area contributed by atoms with Gasteiger partial charge in [-0.1, -0.05) is 18.9 Å². The van der Waals surface area contributed by atoms with Crippen molar-refractivity contribution in [1.82, 2.24) is 20.3 Å². The summed E-state index contributed by atoms with van der Waals surface area (Å²) in [4.78, 5) is 15.6. The van der Waals surface area contributed by atoms with Crippen molar-refractivity contribution in [3.8, 4) is 0 Å². The molecule has 2 N–H and O–H groups in total. The molecule has 2 aromatic rings. The van der Waals surface area contributed by atoms with Crippen molar-refractivity contribution in [3.05, 3.63) is 42.4 Å². The van der Waals surface area contributed by atoms with Crippen LogP contribution in [0.4, 0.5) is 11.8 Å². The Labute approximate surface area is 143 Å². The van der Waals surface area contributed by atoms with Gasteiger partial charge in [0, 0.05) is 45.1 Å². The SMILES string of the molecule is c1ccc(CNCCNc2nccc(N3CCCCCC3)n2)nc1. The van der Waals surface area contributed by atoms with Crippen molar-refractivity contribution in [2.45, 2.75) is 32.2 Å². The zero-order chi connectivity index (χ0) is 16.5. The fourth-order valence-electron chi connectivity index (χ4n) is 2.89. The topological polar surface area (TPSA) is 66.0 Å². The molecule has 0 aliphatic carbocycles. The van der Waals surface area contributed by atoms with Crippen LogP contribution in [0, 0.1) is 0 Å². The fraction of sp³-hybridized carbons (Fsp3) is 0.500. The minimum Gasteiger partial charge on any atom is -0.356 e. The second-order valence-corrected chi connectivity index (χ2v) is 6.06. The number of nitrogens with zero attached hydrogens (tertiary/aromatic N) is 4. The van der Waals surface area contributed by atoms with Crippen molar-refractivity contribution < 1.29 is 0 Å². The van der Waals surface area contributed by atoms with Gasteiger partial charge in [0.1, 0.15) is 5.82 Å². The lowest BCUT2D eigenvalue weighted by atomic mass is 10.2. The molecule has 0 aromatic carbocycles. The average Bonchev–Trinajstić information content (AvgIpc) is 2.92. The number of hydrogen-bond acceptors (Lipinski definition) is 6. The second-order valence-electron chi connectivity index (χ2n) is 6.06. The molecular formula is C18H26N6. The Bertz CT molecular complexity index is 595. The van der Waals surface area contributed by atoms with Crippen LogP contribution in [0.15, 0.2) is 36.7 Å². The van der Waals surface area contributed by atoms with Crippen molar-refractivity contribution in [3.63, 3.8) is 0 Å². The third-order valence-corrected chi connectivity index (χ3v) is 4.19. The van der Waals surface area contributed by atoms with Crippen LogP contribution in [0.1, 0.15) is 31.4 Å². The highest BCUT2D eigenvalue weighted by Gasteiger charge is 2.11. The summed E-state index contributed by atoms with van der Waals surface area (Å²) in [6.45, 7) is 4.60. The number of nitrogens with one attached hydrogen (secondary N) is 2. The molecule has 6 heteroatoms. The minimum absolute atomic E-state index is 0.705. The first-order valence-electron chi connectivity index (χ1n) is 8.84. The molecule has 1 fully saturated rings. The van der Waals surface area contributed by atoms with Crippen LogP contribution in [0.5, 0.6) is 0 Å². The van der Waals surface area contributed by atoms with E-state index < -0.39 is 0 Å². The summed E-state index contributed by atoms with van der Waals surface area (Å²) >= 11 is 0. The number of hydrogen-bond donors (Lipinski definition) is 2. The van der Waals surface area contributed by atoms with Crippen molar-refractivity contribution in [2.75, 3.05) is 36.4 Å². The van der Waals surface area contributed by atoms with E-state index in [0.717, 1.165) is 44.2 Å². The Hall–Kier alpha value is -2.21. The first-order valence-corrected chi connectivity index (χ1v) is 8.84. The monoisotopic (exact) mass is 326 g/mol. The summed E-state index contributed by atoms with van der Waals surface area (Å²) in [6, 6.07) is 7.97. The molecule has 1 saturated heterocycles. The Balaban J connectivity index is 1.43. The van der Waals surface area contributed by atoms with Crippen LogP contribution in [0.3, 0.4) is 0 Å². The Morgan fingerprint density at radius 2 is 1.79 bits per heavy atom. The molecule has 2 aromatic heterocycles. The maximum absolute atomic E-state index is 4.66. The fourth-order valence-corrected chi connectivity index (χ4v) is 2.89. The summed E-state index contributed by atoms with van der Waals surface area (Å²) in [5.41, 5.74) is 1.05. The molecule has 0 unspecified atom stereocenters. The Morgan fingerprint density at radius 1 is 0.917 bits per heavy atom. The average molecular weight is 326 g/mol. The molecule has 1 aliphatic heterocycles. The summed E-state index contributed by atoms with van der Waals surface area (Å²) in [7, 11) is 0. The first kappa shape index (κ1) is 16.6. The van der Waals surface area contributed by atoms with E-state index in [4.69, 9.17) is 0 Å². The largest absolute Gasteiger partial charge is 0.356 e. The number of aromatic nitrogens is 3. The van der Waals surface area contributed by atoms with Crippen molar-refractivity contribution in [2.24, 2.45) is 0 Å². The standard InChI is InChI=1S/C18H26N6/c1-2-6-14-24(13-5-1)17-8-10-21-18(23-17)22-12-11-19-15-16-7-3-4-9-20-16/h3-4,7-10,19H,1-2,5-6,11-15H2,(H,21,22,23). The molecule has 1 aliphatic rings. The van der Waals surface area contributed by atoms with Crippen molar-refractivity contribution in [1.29, 1.82) is 0 Å². The van der Waals surface area contributed by atoms with E-state index in [1.165, 1.54) is 25.7 Å². The molecule has 0 spiro atoms. The van der Waals surface area contributed by atoms with Gasteiger partial charge in [0.2, 0.25) is 5.95 Å². The van der Waals surface area contributed by atoms with Crippen LogP contribution >= 0.6 is 0 Å². The molecule has 0 radical (unpaired) electrons. The molecule has 3 rings (SSSR count). The van der Waals surface area contributed by atoms with Crippen molar-refractivity contribution >= 4 is 11.8 Å². The number of anilines is 2. The van der Waals surface area contributed by atoms with E-state index in [-0.39, 0.29) is 0 Å². The first-order chi connectivity index (χ1) is 11.9. The third kappa shape index (κ3) is 5.16. The molecular weight excluding hydrogens is 300 g/mol. The third-order valence-electron chi connectivity index (χ3n) is 4.19. The molecule has 0 saturated carbocycles. The quantitative estimate of drug-likeness (QED) is 0.762. The summed E-state index contributed by atoms with van der Waals surface area (Å²) in [5, 5.41) is 6.66. The maximum Gasteiger partial charge on any atom is 0.224 e. The Morgan fingerprint density at radius 3 is 2.58 bits per heavy atom. The van der Waals surface area contributed by atoms with Gasteiger partial charge in [-0.15, -0.1) is 0 Å². The molecule has 24 heavy (non-hydrogen) atoms. The van der Waals surface area contributed by atoms with Gasteiger partial charge >= 0.3 is 0 Å². The number of pyridine rings is 1. The van der Waals surface area contributed by atoms with E-state index >= 15 is 0 Å². The van der Waals surface area contributed by atoms with Gasteiger partial charge in [0.05, 0.1) is 5.69 Å². The molecule has 0 bridgehead atoms. The predicted molar refractivity (Wildman–Crippen MR) is 97.1 cm³/mol. The molecule has 128 valence electrons. The zero-order valence-corrected chi connectivity index (χ0v) is 14.1. The van der Waals surface area contributed by atoms with E-state index in [0.29, 0.717) is 5.95 Å². The normalized spacial score (nSPS) is 15.1. The summed E-state index contributed by atoms with van der Waals surface area (Å²) in [5.74, 6) is 1.74. The molecule has 3 heterocycles. The van der Waals surface area contributed by atoms with E-state index in [1.807, 2.05) is 36.7 Å².